The van der Waals surface area contributed by atoms with Gasteiger partial charge in [-0.2, -0.15) is 13.9 Å². The number of aryl methyl sites for hydroxylation is 2. The monoisotopic (exact) mass is 476 g/mol. The largest absolute Gasteiger partial charge is 0.493 e. The summed E-state index contributed by atoms with van der Waals surface area (Å²) in [5.74, 6) is 1.30. The number of hydrogen-bond donors (Lipinski definition) is 2. The molecule has 0 atom stereocenters. The maximum atomic E-state index is 12.7. The molecule has 0 aliphatic heterocycles. The first kappa shape index (κ1) is 24.2. The molecule has 0 saturated heterocycles. The number of nitrogens with zero attached hydrogens (tertiary/aromatic N) is 2. The average molecular weight is 477 g/mol. The molecule has 0 amide bonds. The van der Waals surface area contributed by atoms with Gasteiger partial charge in [0.05, 0.1) is 43.5 Å². The fraction of sp³-hybridized carbons (Fsp3) is 0.304. The summed E-state index contributed by atoms with van der Waals surface area (Å²) in [5.41, 5.74) is 4.54. The van der Waals surface area contributed by atoms with Gasteiger partial charge in [-0.3, -0.25) is 4.68 Å². The highest BCUT2D eigenvalue weighted by atomic mass is 32.1. The summed E-state index contributed by atoms with van der Waals surface area (Å²) in [5, 5.41) is 10.9. The van der Waals surface area contributed by atoms with Gasteiger partial charge in [-0.1, -0.05) is 12.1 Å². The maximum absolute atomic E-state index is 12.7. The molecule has 0 fully saturated rings. The first-order chi connectivity index (χ1) is 15.7. The second-order valence-electron chi connectivity index (χ2n) is 7.35. The number of anilines is 2. The molecule has 0 unspecified atom stereocenters. The molecule has 0 spiro atoms. The number of halogens is 2. The number of benzene rings is 2. The van der Waals surface area contributed by atoms with Crippen molar-refractivity contribution >= 4 is 28.7 Å². The van der Waals surface area contributed by atoms with Gasteiger partial charge in [-0.05, 0) is 68.4 Å². The lowest BCUT2D eigenvalue weighted by Crippen LogP contribution is -2.21. The predicted octanol–water partition coefficient (Wildman–Crippen LogP) is 5.28. The zero-order valence-electron chi connectivity index (χ0n) is 19.0. The minimum Gasteiger partial charge on any atom is -0.493 e. The molecule has 1 heterocycles. The van der Waals surface area contributed by atoms with Crippen molar-refractivity contribution in [3.63, 3.8) is 0 Å². The van der Waals surface area contributed by atoms with E-state index in [0.717, 1.165) is 28.2 Å². The van der Waals surface area contributed by atoms with Crippen molar-refractivity contribution in [2.24, 2.45) is 0 Å². The fourth-order valence-corrected chi connectivity index (χ4v) is 3.60. The first-order valence-corrected chi connectivity index (χ1v) is 10.5. The van der Waals surface area contributed by atoms with Crippen LogP contribution in [0.25, 0.3) is 0 Å². The van der Waals surface area contributed by atoms with Gasteiger partial charge in [0.15, 0.2) is 16.6 Å². The van der Waals surface area contributed by atoms with Crippen molar-refractivity contribution in [2.75, 3.05) is 24.9 Å². The molecule has 3 rings (SSSR count). The topological polar surface area (TPSA) is 69.6 Å². The maximum Gasteiger partial charge on any atom is 0.387 e. The SMILES string of the molecule is COc1ccc(Cn2nc(C)c(NC(=S)Nc3cc(C)ccc3OC(F)F)c2C)cc1OC. The molecule has 0 aliphatic carbocycles. The molecule has 2 aromatic carbocycles. The van der Waals surface area contributed by atoms with Crippen LogP contribution >= 0.6 is 12.2 Å². The zero-order valence-corrected chi connectivity index (χ0v) is 19.8. The second-order valence-corrected chi connectivity index (χ2v) is 7.76. The summed E-state index contributed by atoms with van der Waals surface area (Å²) < 4.78 is 42.6. The van der Waals surface area contributed by atoms with Crippen molar-refractivity contribution in [1.82, 2.24) is 9.78 Å². The highest BCUT2D eigenvalue weighted by Gasteiger charge is 2.16. The predicted molar refractivity (Wildman–Crippen MR) is 128 cm³/mol. The van der Waals surface area contributed by atoms with E-state index in [1.807, 2.05) is 43.7 Å². The molecule has 0 bridgehead atoms. The summed E-state index contributed by atoms with van der Waals surface area (Å²) in [4.78, 5) is 0. The van der Waals surface area contributed by atoms with Crippen molar-refractivity contribution in [3.8, 4) is 17.2 Å². The van der Waals surface area contributed by atoms with Gasteiger partial charge in [-0.15, -0.1) is 0 Å². The summed E-state index contributed by atoms with van der Waals surface area (Å²) >= 11 is 5.42. The highest BCUT2D eigenvalue weighted by molar-refractivity contribution is 7.80. The lowest BCUT2D eigenvalue weighted by Gasteiger charge is -2.15. The lowest BCUT2D eigenvalue weighted by atomic mass is 10.2. The molecule has 0 saturated carbocycles. The van der Waals surface area contributed by atoms with Crippen LogP contribution in [0.15, 0.2) is 36.4 Å². The van der Waals surface area contributed by atoms with Gasteiger partial charge in [0.25, 0.3) is 0 Å². The number of methoxy groups -OCH3 is 2. The number of ether oxygens (including phenoxy) is 3. The van der Waals surface area contributed by atoms with Crippen LogP contribution in [0.4, 0.5) is 20.2 Å². The van der Waals surface area contributed by atoms with Gasteiger partial charge in [-0.25, -0.2) is 0 Å². The van der Waals surface area contributed by atoms with Crippen molar-refractivity contribution < 1.29 is 23.0 Å². The molecule has 0 aliphatic rings. The summed E-state index contributed by atoms with van der Waals surface area (Å²) in [6.45, 7) is 3.21. The first-order valence-electron chi connectivity index (χ1n) is 10.1. The van der Waals surface area contributed by atoms with Crippen molar-refractivity contribution in [3.05, 3.63) is 58.9 Å². The minimum atomic E-state index is -2.94. The van der Waals surface area contributed by atoms with Crippen LogP contribution in [0.3, 0.4) is 0 Å². The van der Waals surface area contributed by atoms with E-state index >= 15 is 0 Å². The smallest absolute Gasteiger partial charge is 0.387 e. The molecule has 176 valence electrons. The van der Waals surface area contributed by atoms with Crippen molar-refractivity contribution in [2.45, 2.75) is 33.9 Å². The highest BCUT2D eigenvalue weighted by Crippen LogP contribution is 2.30. The lowest BCUT2D eigenvalue weighted by molar-refractivity contribution is -0.0493. The number of thiocarbonyl (C=S) groups is 1. The van der Waals surface area contributed by atoms with Crippen LogP contribution in [0.2, 0.25) is 0 Å². The van der Waals surface area contributed by atoms with E-state index in [1.165, 1.54) is 6.07 Å². The minimum absolute atomic E-state index is 0.0114. The average Bonchev–Trinajstić information content (AvgIpc) is 3.02. The Morgan fingerprint density at radius 1 is 1.00 bits per heavy atom. The second kappa shape index (κ2) is 10.5. The number of alkyl halides is 2. The van der Waals surface area contributed by atoms with E-state index in [-0.39, 0.29) is 10.9 Å². The molecule has 7 nitrogen and oxygen atoms in total. The third-order valence-electron chi connectivity index (χ3n) is 5.00. The quantitative estimate of drug-likeness (QED) is 0.429. The van der Waals surface area contributed by atoms with Crippen LogP contribution in [-0.2, 0) is 6.54 Å². The fourth-order valence-electron chi connectivity index (χ4n) is 3.39. The zero-order chi connectivity index (χ0) is 24.1. The Morgan fingerprint density at radius 2 is 1.70 bits per heavy atom. The molecule has 2 N–H and O–H groups in total. The molecule has 10 heteroatoms. The van der Waals surface area contributed by atoms with E-state index < -0.39 is 6.61 Å². The molecule has 3 aromatic rings. The van der Waals surface area contributed by atoms with Crippen LogP contribution < -0.4 is 24.8 Å². The Kier molecular flexibility index (Phi) is 7.70. The van der Waals surface area contributed by atoms with Gasteiger partial charge < -0.3 is 24.8 Å². The van der Waals surface area contributed by atoms with Crippen LogP contribution in [0.1, 0.15) is 22.5 Å². The van der Waals surface area contributed by atoms with Crippen LogP contribution in [0.5, 0.6) is 17.2 Å². The number of nitrogens with one attached hydrogen (secondary N) is 2. The third-order valence-corrected chi connectivity index (χ3v) is 5.20. The Morgan fingerprint density at radius 3 is 2.36 bits per heavy atom. The van der Waals surface area contributed by atoms with E-state index in [4.69, 9.17) is 21.7 Å². The van der Waals surface area contributed by atoms with E-state index in [1.54, 1.807) is 26.4 Å². The molecular weight excluding hydrogens is 450 g/mol. The van der Waals surface area contributed by atoms with Crippen LogP contribution in [0, 0.1) is 20.8 Å². The number of hydrogen-bond acceptors (Lipinski definition) is 5. The molecule has 1 aromatic heterocycles. The summed E-state index contributed by atoms with van der Waals surface area (Å²) in [6, 6.07) is 10.5. The Labute approximate surface area is 196 Å². The van der Waals surface area contributed by atoms with Gasteiger partial charge in [0, 0.05) is 0 Å². The van der Waals surface area contributed by atoms with Gasteiger partial charge in [0.2, 0.25) is 0 Å². The van der Waals surface area contributed by atoms with Gasteiger partial charge >= 0.3 is 6.61 Å². The Hall–Kier alpha value is -3.40. The number of rotatable bonds is 8. The van der Waals surface area contributed by atoms with Crippen LogP contribution in [-0.4, -0.2) is 35.7 Å². The van der Waals surface area contributed by atoms with Gasteiger partial charge in [0.1, 0.15) is 5.75 Å². The normalized spacial score (nSPS) is 10.8. The number of aromatic nitrogens is 2. The van der Waals surface area contributed by atoms with E-state index in [0.29, 0.717) is 23.7 Å². The van der Waals surface area contributed by atoms with E-state index in [2.05, 4.69) is 20.5 Å². The molecule has 33 heavy (non-hydrogen) atoms. The summed E-state index contributed by atoms with van der Waals surface area (Å²) in [6.07, 6.45) is 0. The Bertz CT molecular complexity index is 1150. The summed E-state index contributed by atoms with van der Waals surface area (Å²) in [7, 11) is 3.18. The standard InChI is InChI=1S/C23H26F2N4O3S/c1-13-6-8-18(32-22(24)25)17(10-13)26-23(33)27-21-14(2)28-29(15(21)3)12-16-7-9-19(30-4)20(11-16)31-5/h6-11,22H,12H2,1-5H3,(H2,26,27,33). The third kappa shape index (κ3) is 5.89. The molecule has 0 radical (unpaired) electrons. The molecular formula is C23H26F2N4O3S. The van der Waals surface area contributed by atoms with E-state index in [9.17, 15) is 8.78 Å². The Balaban J connectivity index is 1.77. The van der Waals surface area contributed by atoms with Crippen molar-refractivity contribution in [1.29, 1.82) is 0 Å².